The van der Waals surface area contributed by atoms with Gasteiger partial charge in [-0.15, -0.1) is 4.48 Å². The fourth-order valence-electron chi connectivity index (χ4n) is 7.19. The van der Waals surface area contributed by atoms with Crippen LogP contribution in [0, 0.1) is 0 Å². The van der Waals surface area contributed by atoms with Gasteiger partial charge in [0.1, 0.15) is 10.7 Å². The van der Waals surface area contributed by atoms with Crippen LogP contribution < -0.4 is 4.48 Å². The van der Waals surface area contributed by atoms with Crippen molar-refractivity contribution in [2.24, 2.45) is 0 Å². The van der Waals surface area contributed by atoms with Gasteiger partial charge in [-0.3, -0.25) is 0 Å². The molecule has 0 saturated carbocycles. The number of rotatable bonds is 5. The Hall–Kier alpha value is -4.39. The van der Waals surface area contributed by atoms with Crippen molar-refractivity contribution in [3.63, 3.8) is 0 Å². The van der Waals surface area contributed by atoms with Crippen molar-refractivity contribution in [1.29, 1.82) is 0 Å². The minimum atomic E-state index is -0.682. The second-order valence-corrected chi connectivity index (χ2v) is 12.2. The number of methoxy groups -OCH3 is 1. The summed E-state index contributed by atoms with van der Waals surface area (Å²) in [5.41, 5.74) is 5.86. The number of benzene rings is 3. The molecule has 42 heavy (non-hydrogen) atoms. The molecule has 1 aromatic heterocycles. The van der Waals surface area contributed by atoms with E-state index >= 15 is 0 Å². The van der Waals surface area contributed by atoms with Crippen LogP contribution in [0.15, 0.2) is 144 Å². The second-order valence-electron chi connectivity index (χ2n) is 11.0. The van der Waals surface area contributed by atoms with E-state index in [-0.39, 0.29) is 10.6 Å². The number of hydrogen-bond acceptors (Lipinski definition) is 4. The van der Waals surface area contributed by atoms with Crippen molar-refractivity contribution < 1.29 is 9.53 Å². The van der Waals surface area contributed by atoms with Gasteiger partial charge in [0.05, 0.1) is 23.8 Å². The van der Waals surface area contributed by atoms with Gasteiger partial charge in [-0.05, 0) is 41.3 Å². The van der Waals surface area contributed by atoms with Crippen molar-refractivity contribution in [3.05, 3.63) is 156 Å². The SMILES string of the molecule is COC(=O)[N+]12C(C)=CC=CC13CC=CC(C)=C3n1c(SC(c3ccccc3)(c3ccccc3)c3ccccc3)cnc12. The summed E-state index contributed by atoms with van der Waals surface area (Å²) in [5.74, 6) is 0.656. The molecule has 7 rings (SSSR count). The summed E-state index contributed by atoms with van der Waals surface area (Å²) in [5, 5.41) is 0.961. The quantitative estimate of drug-likeness (QED) is 0.137. The molecule has 5 nitrogen and oxygen atoms in total. The molecule has 2 aliphatic heterocycles. The number of hydrogen-bond donors (Lipinski definition) is 0. The summed E-state index contributed by atoms with van der Waals surface area (Å²) in [6.07, 6.45) is 12.8. The third-order valence-electron chi connectivity index (χ3n) is 8.90. The second kappa shape index (κ2) is 9.86. The molecule has 3 aliphatic rings. The predicted octanol–water partition coefficient (Wildman–Crippen LogP) is 8.46. The molecule has 6 heteroatoms. The first-order chi connectivity index (χ1) is 20.5. The molecule has 0 radical (unpaired) electrons. The lowest BCUT2D eigenvalue weighted by Gasteiger charge is -2.43. The number of nitrogens with zero attached hydrogens (tertiary/aromatic N) is 3. The zero-order valence-corrected chi connectivity index (χ0v) is 24.7. The van der Waals surface area contributed by atoms with Crippen molar-refractivity contribution in [1.82, 2.24) is 14.0 Å². The van der Waals surface area contributed by atoms with Crippen LogP contribution in [0.1, 0.15) is 37.0 Å². The van der Waals surface area contributed by atoms with Gasteiger partial charge in [0.2, 0.25) is 0 Å². The fourth-order valence-corrected chi connectivity index (χ4v) is 8.63. The van der Waals surface area contributed by atoms with Gasteiger partial charge < -0.3 is 4.74 Å². The van der Waals surface area contributed by atoms with E-state index < -0.39 is 10.3 Å². The van der Waals surface area contributed by atoms with Gasteiger partial charge in [-0.1, -0.05) is 121 Å². The van der Waals surface area contributed by atoms with Crippen LogP contribution in [-0.2, 0) is 9.48 Å². The van der Waals surface area contributed by atoms with Crippen molar-refractivity contribution >= 4 is 29.5 Å². The average molecular weight is 571 g/mol. The van der Waals surface area contributed by atoms with E-state index in [2.05, 4.69) is 127 Å². The van der Waals surface area contributed by atoms with Gasteiger partial charge >= 0.3 is 12.0 Å². The highest BCUT2D eigenvalue weighted by atomic mass is 32.2. The Morgan fingerprint density at radius 1 is 0.929 bits per heavy atom. The van der Waals surface area contributed by atoms with E-state index in [1.165, 1.54) is 7.11 Å². The number of aromatic nitrogens is 2. The molecular formula is C36H32N3O2S+. The third kappa shape index (κ3) is 3.36. The van der Waals surface area contributed by atoms with Crippen molar-refractivity contribution in [3.8, 4) is 0 Å². The lowest BCUT2D eigenvalue weighted by atomic mass is 9.80. The van der Waals surface area contributed by atoms with Crippen LogP contribution in [0.3, 0.4) is 0 Å². The summed E-state index contributed by atoms with van der Waals surface area (Å²) in [4.78, 5) is 19.1. The summed E-state index contributed by atoms with van der Waals surface area (Å²) in [6, 6.07) is 32.0. The Morgan fingerprint density at radius 2 is 1.50 bits per heavy atom. The summed E-state index contributed by atoms with van der Waals surface area (Å²) >= 11 is 1.76. The molecule has 3 heterocycles. The lowest BCUT2D eigenvalue weighted by Crippen LogP contribution is -2.66. The van der Waals surface area contributed by atoms with E-state index in [9.17, 15) is 4.79 Å². The minimum absolute atomic E-state index is 0.105. The highest BCUT2D eigenvalue weighted by Crippen LogP contribution is 2.61. The molecule has 0 fully saturated rings. The van der Waals surface area contributed by atoms with Gasteiger partial charge in [0.15, 0.2) is 5.54 Å². The molecular weight excluding hydrogens is 538 g/mol. The van der Waals surface area contributed by atoms with Crippen LogP contribution in [-0.4, -0.2) is 28.3 Å². The summed E-state index contributed by atoms with van der Waals surface area (Å²) < 4.78 is 7.11. The largest absolute Gasteiger partial charge is 0.529 e. The first-order valence-electron chi connectivity index (χ1n) is 14.2. The maximum absolute atomic E-state index is 14.0. The lowest BCUT2D eigenvalue weighted by molar-refractivity contribution is 0.118. The highest BCUT2D eigenvalue weighted by molar-refractivity contribution is 8.00. The normalized spacial score (nSPS) is 22.3. The number of allylic oxidation sites excluding steroid dienone is 5. The molecule has 0 N–H and O–H groups in total. The molecule has 4 aromatic rings. The molecule has 208 valence electrons. The van der Waals surface area contributed by atoms with Crippen molar-refractivity contribution in [2.45, 2.75) is 35.6 Å². The molecule has 1 aliphatic carbocycles. The van der Waals surface area contributed by atoms with Crippen LogP contribution in [0.25, 0.3) is 5.70 Å². The first kappa shape index (κ1) is 26.5. The molecule has 1 amide bonds. The zero-order valence-electron chi connectivity index (χ0n) is 23.9. The number of carbonyl (C=O) groups is 1. The number of thioether (sulfide) groups is 1. The number of ether oxygens (including phenoxy) is 1. The van der Waals surface area contributed by atoms with Crippen LogP contribution in [0.2, 0.25) is 0 Å². The number of amides is 1. The smallest absolute Gasteiger partial charge is 0.423 e. The minimum Gasteiger partial charge on any atom is -0.423 e. The Kier molecular flexibility index (Phi) is 6.22. The Labute approximate surface area is 250 Å². The van der Waals surface area contributed by atoms with Gasteiger partial charge in [0, 0.05) is 13.3 Å². The number of imidazole rings is 1. The van der Waals surface area contributed by atoms with Gasteiger partial charge in [0.25, 0.3) is 0 Å². The third-order valence-corrected chi connectivity index (χ3v) is 10.4. The maximum atomic E-state index is 14.0. The molecule has 0 saturated heterocycles. The molecule has 1 spiro atoms. The number of fused-ring (bicyclic) bond motifs is 3. The van der Waals surface area contributed by atoms with E-state index in [4.69, 9.17) is 9.72 Å². The fraction of sp³-hybridized carbons (Fsp3) is 0.167. The maximum Gasteiger partial charge on any atom is 0.529 e. The standard InChI is InChI=1S/C36H32N3O2S/c1-26-15-13-23-35-24-14-16-27(2)39(35,34(40)41-3)33-37-25-31(38(33)32(26)35)42-36(28-17-7-4-8-18-28,29-19-9-5-10-20-29)30-21-11-6-12-22-30/h4-22,24-25H,23H2,1-3H3/q+1. The van der Waals surface area contributed by atoms with Crippen LogP contribution in [0.5, 0.6) is 0 Å². The van der Waals surface area contributed by atoms with E-state index in [1.807, 2.05) is 19.2 Å². The average Bonchev–Trinajstić information content (AvgIpc) is 3.56. The van der Waals surface area contributed by atoms with Gasteiger partial charge in [-0.2, -0.15) is 9.78 Å². The molecule has 2 atom stereocenters. The Balaban J connectivity index is 1.55. The monoisotopic (exact) mass is 570 g/mol. The number of carbonyl (C=O) groups excluding carboxylic acids is 1. The van der Waals surface area contributed by atoms with E-state index in [0.717, 1.165) is 38.7 Å². The molecule has 3 aromatic carbocycles. The Morgan fingerprint density at radius 3 is 2.05 bits per heavy atom. The first-order valence-corrected chi connectivity index (χ1v) is 15.0. The number of quaternary nitrogens is 1. The van der Waals surface area contributed by atoms with Crippen LogP contribution in [0.4, 0.5) is 10.7 Å². The highest BCUT2D eigenvalue weighted by Gasteiger charge is 2.70. The van der Waals surface area contributed by atoms with Crippen molar-refractivity contribution in [2.75, 3.05) is 7.11 Å². The van der Waals surface area contributed by atoms with E-state index in [1.54, 1.807) is 11.8 Å². The Bertz CT molecular complexity index is 1710. The van der Waals surface area contributed by atoms with Crippen LogP contribution >= 0.6 is 11.8 Å². The topological polar surface area (TPSA) is 44.1 Å². The summed E-state index contributed by atoms with van der Waals surface area (Å²) in [6.45, 7) is 4.13. The van der Waals surface area contributed by atoms with Gasteiger partial charge in [-0.25, -0.2) is 4.57 Å². The predicted molar refractivity (Wildman–Crippen MR) is 170 cm³/mol. The van der Waals surface area contributed by atoms with E-state index in [0.29, 0.717) is 12.4 Å². The molecule has 0 bridgehead atoms. The zero-order chi connectivity index (χ0) is 29.0. The molecule has 2 unspecified atom stereocenters. The summed E-state index contributed by atoms with van der Waals surface area (Å²) in [7, 11) is 1.47.